The maximum atomic E-state index is 14.0. The fourth-order valence-electron chi connectivity index (χ4n) is 4.83. The van der Waals surface area contributed by atoms with E-state index in [0.717, 1.165) is 49.2 Å². The molecule has 3 aromatic heterocycles. The van der Waals surface area contributed by atoms with Crippen molar-refractivity contribution in [2.75, 3.05) is 11.9 Å². The molecular formula is C28H24F5N7O. The van der Waals surface area contributed by atoms with Gasteiger partial charge >= 0.3 is 6.18 Å². The topological polar surface area (TPSA) is 82.7 Å². The van der Waals surface area contributed by atoms with E-state index in [1.54, 1.807) is 35.2 Å². The SMILES string of the molecule is Cn1cc(C(F)(F)F)nc1-c1ccc(CNc2nc(-c3cc(F)cc(F)c3)nc3c2ncn3C2CCCCO2)cc1. The van der Waals surface area contributed by atoms with Crippen LogP contribution in [0.3, 0.4) is 0 Å². The van der Waals surface area contributed by atoms with E-state index in [4.69, 9.17) is 4.74 Å². The molecule has 1 aliphatic rings. The summed E-state index contributed by atoms with van der Waals surface area (Å²) in [6.07, 6.45) is 0.474. The molecule has 1 N–H and O–H groups in total. The fourth-order valence-corrected chi connectivity index (χ4v) is 4.83. The van der Waals surface area contributed by atoms with Crippen LogP contribution in [0.25, 0.3) is 33.9 Å². The van der Waals surface area contributed by atoms with Crippen LogP contribution in [0.4, 0.5) is 27.8 Å². The molecule has 0 bridgehead atoms. The summed E-state index contributed by atoms with van der Waals surface area (Å²) in [5.74, 6) is -0.847. The lowest BCUT2D eigenvalue weighted by Crippen LogP contribution is -2.18. The molecule has 1 atom stereocenters. The summed E-state index contributed by atoms with van der Waals surface area (Å²) in [6.45, 7) is 0.888. The Hall–Kier alpha value is -4.39. The van der Waals surface area contributed by atoms with Crippen molar-refractivity contribution in [1.82, 2.24) is 29.1 Å². The van der Waals surface area contributed by atoms with Crippen LogP contribution in [0.5, 0.6) is 0 Å². The third kappa shape index (κ3) is 5.49. The molecule has 5 aromatic rings. The van der Waals surface area contributed by atoms with Crippen LogP contribution in [-0.4, -0.2) is 35.7 Å². The van der Waals surface area contributed by atoms with Gasteiger partial charge in [-0.15, -0.1) is 0 Å². The molecule has 212 valence electrons. The minimum absolute atomic E-state index is 0.113. The van der Waals surface area contributed by atoms with Gasteiger partial charge in [-0.25, -0.2) is 28.7 Å². The number of halogens is 5. The van der Waals surface area contributed by atoms with Gasteiger partial charge in [0.2, 0.25) is 0 Å². The van der Waals surface area contributed by atoms with E-state index in [0.29, 0.717) is 29.2 Å². The lowest BCUT2D eigenvalue weighted by Gasteiger charge is -2.24. The number of fused-ring (bicyclic) bond motifs is 1. The van der Waals surface area contributed by atoms with Crippen molar-refractivity contribution in [3.63, 3.8) is 0 Å². The predicted octanol–water partition coefficient (Wildman–Crippen LogP) is 6.50. The van der Waals surface area contributed by atoms with Crippen molar-refractivity contribution < 1.29 is 26.7 Å². The molecule has 2 aromatic carbocycles. The standard InChI is InChI=1S/C28H24F5N7O/c1-39-14-21(28(31,32)33)36-26(39)17-7-5-16(6-8-17)13-34-25-23-27(40(15-35-23)22-4-2-3-9-41-22)38-24(37-25)18-10-19(29)12-20(30)11-18/h5-8,10-12,14-15,22H,2-4,9,13H2,1H3,(H,34,37,38). The highest BCUT2D eigenvalue weighted by atomic mass is 19.4. The first-order valence-electron chi connectivity index (χ1n) is 12.9. The molecule has 1 aliphatic heterocycles. The molecule has 8 nitrogen and oxygen atoms in total. The second-order valence-corrected chi connectivity index (χ2v) is 9.81. The Morgan fingerprint density at radius 3 is 2.39 bits per heavy atom. The van der Waals surface area contributed by atoms with Gasteiger partial charge in [-0.3, -0.25) is 4.57 Å². The summed E-state index contributed by atoms with van der Waals surface area (Å²) >= 11 is 0. The summed E-state index contributed by atoms with van der Waals surface area (Å²) in [5, 5.41) is 3.23. The number of rotatable bonds is 6. The zero-order chi connectivity index (χ0) is 28.7. The van der Waals surface area contributed by atoms with Crippen molar-refractivity contribution in [3.8, 4) is 22.8 Å². The number of aromatic nitrogens is 6. The van der Waals surface area contributed by atoms with Crippen molar-refractivity contribution in [1.29, 1.82) is 0 Å². The van der Waals surface area contributed by atoms with E-state index in [-0.39, 0.29) is 30.0 Å². The highest BCUT2D eigenvalue weighted by Gasteiger charge is 2.34. The Bertz CT molecular complexity index is 1690. The van der Waals surface area contributed by atoms with E-state index < -0.39 is 23.5 Å². The summed E-state index contributed by atoms with van der Waals surface area (Å²) in [4.78, 5) is 17.4. The molecule has 41 heavy (non-hydrogen) atoms. The van der Waals surface area contributed by atoms with Gasteiger partial charge in [0, 0.05) is 43.6 Å². The molecule has 1 fully saturated rings. The smallest absolute Gasteiger partial charge is 0.364 e. The quantitative estimate of drug-likeness (QED) is 0.235. The molecule has 1 unspecified atom stereocenters. The van der Waals surface area contributed by atoms with E-state index >= 15 is 0 Å². The summed E-state index contributed by atoms with van der Waals surface area (Å²) < 4.78 is 76.3. The number of hydrogen-bond acceptors (Lipinski definition) is 6. The minimum Gasteiger partial charge on any atom is -0.364 e. The summed E-state index contributed by atoms with van der Waals surface area (Å²) in [7, 11) is 1.51. The maximum absolute atomic E-state index is 14.0. The van der Waals surface area contributed by atoms with Crippen molar-refractivity contribution in [2.45, 2.75) is 38.2 Å². The molecule has 0 amide bonds. The van der Waals surface area contributed by atoms with Crippen LogP contribution in [0.15, 0.2) is 55.0 Å². The zero-order valence-electron chi connectivity index (χ0n) is 21.8. The number of ether oxygens (including phenoxy) is 1. The number of nitrogens with zero attached hydrogens (tertiary/aromatic N) is 6. The highest BCUT2D eigenvalue weighted by molar-refractivity contribution is 5.85. The Balaban J connectivity index is 1.31. The normalized spacial score (nSPS) is 15.9. The van der Waals surface area contributed by atoms with Crippen LogP contribution in [0.2, 0.25) is 0 Å². The number of hydrogen-bond donors (Lipinski definition) is 1. The molecule has 13 heteroatoms. The lowest BCUT2D eigenvalue weighted by atomic mass is 10.1. The number of imidazole rings is 2. The third-order valence-corrected chi connectivity index (χ3v) is 6.85. The second kappa shape index (κ2) is 10.5. The van der Waals surface area contributed by atoms with Crippen LogP contribution < -0.4 is 5.32 Å². The van der Waals surface area contributed by atoms with Crippen LogP contribution in [-0.2, 0) is 24.5 Å². The van der Waals surface area contributed by atoms with E-state index in [2.05, 4.69) is 25.3 Å². The summed E-state index contributed by atoms with van der Waals surface area (Å²) in [5.41, 5.74) is 1.46. The highest BCUT2D eigenvalue weighted by Crippen LogP contribution is 2.32. The first kappa shape index (κ1) is 26.8. The van der Waals surface area contributed by atoms with Crippen LogP contribution in [0, 0.1) is 11.6 Å². The minimum atomic E-state index is -4.53. The molecule has 0 aliphatic carbocycles. The zero-order valence-corrected chi connectivity index (χ0v) is 21.8. The number of nitrogens with one attached hydrogen (secondary N) is 1. The van der Waals surface area contributed by atoms with Crippen LogP contribution >= 0.6 is 0 Å². The number of benzene rings is 2. The predicted molar refractivity (Wildman–Crippen MR) is 140 cm³/mol. The van der Waals surface area contributed by atoms with Crippen LogP contribution in [0.1, 0.15) is 36.7 Å². The molecule has 1 saturated heterocycles. The summed E-state index contributed by atoms with van der Waals surface area (Å²) in [6, 6.07) is 9.99. The number of anilines is 1. The Morgan fingerprint density at radius 1 is 0.976 bits per heavy atom. The molecule has 0 radical (unpaired) electrons. The maximum Gasteiger partial charge on any atom is 0.434 e. The number of aryl methyl sites for hydroxylation is 1. The van der Waals surface area contributed by atoms with Crippen molar-refractivity contribution in [2.24, 2.45) is 7.05 Å². The fraction of sp³-hybridized carbons (Fsp3) is 0.286. The van der Waals surface area contributed by atoms with Crippen molar-refractivity contribution in [3.05, 3.63) is 77.9 Å². The van der Waals surface area contributed by atoms with Gasteiger partial charge in [-0.05, 0) is 37.0 Å². The average Bonchev–Trinajstić information content (AvgIpc) is 3.56. The van der Waals surface area contributed by atoms with Gasteiger partial charge in [0.05, 0.1) is 6.33 Å². The lowest BCUT2D eigenvalue weighted by molar-refractivity contribution is -0.140. The molecular weight excluding hydrogens is 545 g/mol. The monoisotopic (exact) mass is 569 g/mol. The number of alkyl halides is 3. The van der Waals surface area contributed by atoms with Gasteiger partial charge in [0.1, 0.15) is 23.7 Å². The Morgan fingerprint density at radius 2 is 1.73 bits per heavy atom. The van der Waals surface area contributed by atoms with E-state index in [9.17, 15) is 22.0 Å². The van der Waals surface area contributed by atoms with Gasteiger partial charge in [-0.1, -0.05) is 24.3 Å². The van der Waals surface area contributed by atoms with Crippen molar-refractivity contribution >= 4 is 17.0 Å². The van der Waals surface area contributed by atoms with Gasteiger partial charge < -0.3 is 14.6 Å². The largest absolute Gasteiger partial charge is 0.434 e. The first-order chi connectivity index (χ1) is 19.7. The molecule has 0 spiro atoms. The first-order valence-corrected chi connectivity index (χ1v) is 12.9. The van der Waals surface area contributed by atoms with Gasteiger partial charge in [0.25, 0.3) is 0 Å². The van der Waals surface area contributed by atoms with Gasteiger partial charge in [0.15, 0.2) is 28.5 Å². The molecule has 0 saturated carbocycles. The van der Waals surface area contributed by atoms with E-state index in [1.165, 1.54) is 11.6 Å². The van der Waals surface area contributed by atoms with E-state index in [1.807, 2.05) is 0 Å². The second-order valence-electron chi connectivity index (χ2n) is 9.81. The molecule has 6 rings (SSSR count). The average molecular weight is 570 g/mol. The molecule has 4 heterocycles. The van der Waals surface area contributed by atoms with Gasteiger partial charge in [-0.2, -0.15) is 13.2 Å². The Labute approximate surface area is 230 Å². The third-order valence-electron chi connectivity index (χ3n) is 6.85. The Kier molecular flexibility index (Phi) is 6.89.